The van der Waals surface area contributed by atoms with Crippen LogP contribution in [-0.4, -0.2) is 40.8 Å². The summed E-state index contributed by atoms with van der Waals surface area (Å²) in [5.41, 5.74) is -0.571. The number of carbonyl (C=O) groups excluding carboxylic acids is 3. The van der Waals surface area contributed by atoms with Crippen molar-refractivity contribution in [2.45, 2.75) is 32.6 Å². The van der Waals surface area contributed by atoms with Crippen molar-refractivity contribution in [2.75, 3.05) is 7.05 Å². The average molecular weight is 503 g/mol. The number of likely N-dealkylation sites (N-methyl/N-ethyl adjacent to an activating group) is 1. The van der Waals surface area contributed by atoms with Gasteiger partial charge in [-0.05, 0) is 47.9 Å². The van der Waals surface area contributed by atoms with Crippen LogP contribution < -0.4 is 16.0 Å². The standard InChI is InChI=1S/C24H24F3N5O4/c1-13(2)20(23(35)28-3)32-22(34)18-8-7-17(36-18)16-11-14(9-10-29-16)12-30-21(33)15-5-4-6-19(31-15)24(25,26)27/h4-11,13,20H,12H2,1-3H3,(H,28,35)(H,30,33)(H,32,34). The zero-order valence-electron chi connectivity index (χ0n) is 19.6. The Balaban J connectivity index is 1.68. The highest BCUT2D eigenvalue weighted by molar-refractivity contribution is 5.96. The third-order valence-corrected chi connectivity index (χ3v) is 5.11. The molecule has 12 heteroatoms. The first-order valence-electron chi connectivity index (χ1n) is 10.9. The molecule has 0 aliphatic rings. The summed E-state index contributed by atoms with van der Waals surface area (Å²) in [5, 5.41) is 7.65. The first kappa shape index (κ1) is 26.4. The summed E-state index contributed by atoms with van der Waals surface area (Å²) in [4.78, 5) is 44.4. The molecule has 3 heterocycles. The van der Waals surface area contributed by atoms with Crippen LogP contribution in [0.25, 0.3) is 11.5 Å². The lowest BCUT2D eigenvalue weighted by Crippen LogP contribution is -2.48. The normalized spacial score (nSPS) is 12.2. The number of aromatic nitrogens is 2. The summed E-state index contributed by atoms with van der Waals surface area (Å²) in [7, 11) is 1.48. The van der Waals surface area contributed by atoms with Crippen molar-refractivity contribution in [1.29, 1.82) is 0 Å². The van der Waals surface area contributed by atoms with E-state index in [-0.39, 0.29) is 35.6 Å². The molecule has 3 aromatic heterocycles. The molecule has 0 spiro atoms. The van der Waals surface area contributed by atoms with E-state index in [0.717, 1.165) is 12.1 Å². The Morgan fingerprint density at radius 2 is 1.81 bits per heavy atom. The fourth-order valence-corrected chi connectivity index (χ4v) is 3.21. The third-order valence-electron chi connectivity index (χ3n) is 5.11. The van der Waals surface area contributed by atoms with Gasteiger partial charge < -0.3 is 20.4 Å². The van der Waals surface area contributed by atoms with Crippen LogP contribution in [0, 0.1) is 5.92 Å². The van der Waals surface area contributed by atoms with Gasteiger partial charge in [0.05, 0.1) is 0 Å². The zero-order chi connectivity index (χ0) is 26.5. The van der Waals surface area contributed by atoms with Crippen LogP contribution in [-0.2, 0) is 17.5 Å². The molecule has 3 rings (SSSR count). The molecule has 0 fully saturated rings. The van der Waals surface area contributed by atoms with E-state index in [1.165, 1.54) is 31.4 Å². The van der Waals surface area contributed by atoms with E-state index in [1.807, 2.05) is 0 Å². The summed E-state index contributed by atoms with van der Waals surface area (Å²) < 4.78 is 44.1. The lowest BCUT2D eigenvalue weighted by atomic mass is 10.0. The van der Waals surface area contributed by atoms with Crippen LogP contribution in [0.3, 0.4) is 0 Å². The second-order valence-corrected chi connectivity index (χ2v) is 8.11. The van der Waals surface area contributed by atoms with Crippen molar-refractivity contribution < 1.29 is 32.0 Å². The van der Waals surface area contributed by atoms with Crippen LogP contribution >= 0.6 is 0 Å². The van der Waals surface area contributed by atoms with E-state index >= 15 is 0 Å². The van der Waals surface area contributed by atoms with Crippen molar-refractivity contribution in [1.82, 2.24) is 25.9 Å². The number of carbonyl (C=O) groups is 3. The van der Waals surface area contributed by atoms with Crippen LogP contribution in [0.5, 0.6) is 0 Å². The molecular weight excluding hydrogens is 479 g/mol. The van der Waals surface area contributed by atoms with E-state index < -0.39 is 29.7 Å². The van der Waals surface area contributed by atoms with E-state index in [1.54, 1.807) is 26.0 Å². The molecule has 0 radical (unpaired) electrons. The van der Waals surface area contributed by atoms with E-state index in [0.29, 0.717) is 11.3 Å². The number of amides is 3. The second-order valence-electron chi connectivity index (χ2n) is 8.11. The smallest absolute Gasteiger partial charge is 0.433 e. The Bertz CT molecular complexity index is 1260. The first-order valence-corrected chi connectivity index (χ1v) is 10.9. The van der Waals surface area contributed by atoms with Crippen LogP contribution in [0.4, 0.5) is 13.2 Å². The second kappa shape index (κ2) is 11.0. The molecule has 0 aliphatic heterocycles. The van der Waals surface area contributed by atoms with Gasteiger partial charge in [0.1, 0.15) is 23.1 Å². The predicted octanol–water partition coefficient (Wildman–Crippen LogP) is 3.19. The molecule has 36 heavy (non-hydrogen) atoms. The molecule has 9 nitrogen and oxygen atoms in total. The number of alkyl halides is 3. The van der Waals surface area contributed by atoms with Crippen molar-refractivity contribution >= 4 is 17.7 Å². The van der Waals surface area contributed by atoms with Gasteiger partial charge in [-0.15, -0.1) is 0 Å². The molecule has 0 saturated heterocycles. The van der Waals surface area contributed by atoms with Crippen LogP contribution in [0.2, 0.25) is 0 Å². The maximum Gasteiger partial charge on any atom is 0.433 e. The first-order chi connectivity index (χ1) is 17.0. The number of halogens is 3. The van der Waals surface area contributed by atoms with Gasteiger partial charge in [-0.25, -0.2) is 4.98 Å². The Hall–Kier alpha value is -4.22. The quantitative estimate of drug-likeness (QED) is 0.434. The molecule has 0 saturated carbocycles. The van der Waals surface area contributed by atoms with Crippen molar-refractivity contribution in [3.63, 3.8) is 0 Å². The minimum absolute atomic E-state index is 0.0114. The molecular formula is C24H24F3N5O4. The SMILES string of the molecule is CNC(=O)C(NC(=O)c1ccc(-c2cc(CNC(=O)c3cccc(C(F)(F)F)n3)ccn2)o1)C(C)C. The zero-order valence-corrected chi connectivity index (χ0v) is 19.6. The Labute approximate surface area is 204 Å². The number of pyridine rings is 2. The minimum Gasteiger partial charge on any atom is -0.449 e. The monoisotopic (exact) mass is 503 g/mol. The van der Waals surface area contributed by atoms with Gasteiger partial charge in [0.2, 0.25) is 5.91 Å². The van der Waals surface area contributed by atoms with E-state index in [2.05, 4.69) is 25.9 Å². The molecule has 0 bridgehead atoms. The molecule has 3 N–H and O–H groups in total. The molecule has 1 atom stereocenters. The Morgan fingerprint density at radius 1 is 1.06 bits per heavy atom. The largest absolute Gasteiger partial charge is 0.449 e. The lowest BCUT2D eigenvalue weighted by molar-refractivity contribution is -0.141. The molecule has 0 aliphatic carbocycles. The van der Waals surface area contributed by atoms with Gasteiger partial charge >= 0.3 is 6.18 Å². The molecule has 0 aromatic carbocycles. The Kier molecular flexibility index (Phi) is 8.07. The lowest BCUT2D eigenvalue weighted by Gasteiger charge is -2.19. The van der Waals surface area contributed by atoms with Crippen molar-refractivity contribution in [3.05, 3.63) is 71.4 Å². The van der Waals surface area contributed by atoms with Crippen molar-refractivity contribution in [2.24, 2.45) is 5.92 Å². The Morgan fingerprint density at radius 3 is 2.47 bits per heavy atom. The number of rotatable bonds is 8. The van der Waals surface area contributed by atoms with E-state index in [9.17, 15) is 27.6 Å². The van der Waals surface area contributed by atoms with Gasteiger partial charge in [-0.1, -0.05) is 19.9 Å². The average Bonchev–Trinajstić information content (AvgIpc) is 3.35. The fraction of sp³-hybridized carbons (Fsp3) is 0.292. The minimum atomic E-state index is -4.66. The van der Waals surface area contributed by atoms with Gasteiger partial charge in [0, 0.05) is 19.8 Å². The number of hydrogen-bond donors (Lipinski definition) is 3. The van der Waals surface area contributed by atoms with Crippen molar-refractivity contribution in [3.8, 4) is 11.5 Å². The maximum absolute atomic E-state index is 12.8. The van der Waals surface area contributed by atoms with E-state index in [4.69, 9.17) is 4.42 Å². The number of hydrogen-bond acceptors (Lipinski definition) is 6. The topological polar surface area (TPSA) is 126 Å². The fourth-order valence-electron chi connectivity index (χ4n) is 3.21. The number of nitrogens with one attached hydrogen (secondary N) is 3. The molecule has 3 aromatic rings. The van der Waals surface area contributed by atoms with Crippen LogP contribution in [0.1, 0.15) is 46.1 Å². The van der Waals surface area contributed by atoms with Gasteiger partial charge in [-0.2, -0.15) is 13.2 Å². The summed E-state index contributed by atoms with van der Waals surface area (Å²) in [6.45, 7) is 3.58. The number of nitrogens with zero attached hydrogens (tertiary/aromatic N) is 2. The maximum atomic E-state index is 12.8. The highest BCUT2D eigenvalue weighted by Gasteiger charge is 2.33. The third kappa shape index (κ3) is 6.46. The summed E-state index contributed by atoms with van der Waals surface area (Å²) in [6.07, 6.45) is -3.20. The highest BCUT2D eigenvalue weighted by Crippen LogP contribution is 2.27. The van der Waals surface area contributed by atoms with Gasteiger partial charge in [0.15, 0.2) is 11.5 Å². The molecule has 3 amide bonds. The van der Waals surface area contributed by atoms with Crippen LogP contribution in [0.15, 0.2) is 53.1 Å². The summed E-state index contributed by atoms with van der Waals surface area (Å²) >= 11 is 0. The molecule has 190 valence electrons. The molecule has 1 unspecified atom stereocenters. The van der Waals surface area contributed by atoms with Gasteiger partial charge in [0.25, 0.3) is 11.8 Å². The summed E-state index contributed by atoms with van der Waals surface area (Å²) in [6, 6.07) is 8.53. The highest BCUT2D eigenvalue weighted by atomic mass is 19.4. The summed E-state index contributed by atoms with van der Waals surface area (Å²) in [5.74, 6) is -1.57. The predicted molar refractivity (Wildman–Crippen MR) is 123 cm³/mol. The number of furan rings is 1. The van der Waals surface area contributed by atoms with Gasteiger partial charge in [-0.3, -0.25) is 19.4 Å².